The Bertz CT molecular complexity index is 560. The molecule has 1 amide bonds. The number of nitrogens with one attached hydrogen (secondary N) is 1. The highest BCUT2D eigenvalue weighted by Gasteiger charge is 2.42. The zero-order valence-corrected chi connectivity index (χ0v) is 10.8. The van der Waals surface area contributed by atoms with Gasteiger partial charge in [0, 0.05) is 25.2 Å². The number of aliphatic carboxylic acids is 1. The number of carbonyl (C=O) groups excluding carboxylic acids is 1. The summed E-state index contributed by atoms with van der Waals surface area (Å²) >= 11 is 0. The van der Waals surface area contributed by atoms with Crippen LogP contribution in [0.1, 0.15) is 17.9 Å². The molecule has 106 valence electrons. The normalized spacial score (nSPS) is 28.1. The van der Waals surface area contributed by atoms with Gasteiger partial charge in [-0.1, -0.05) is 18.2 Å². The molecule has 0 aliphatic carbocycles. The van der Waals surface area contributed by atoms with Crippen molar-refractivity contribution in [3.8, 4) is 0 Å². The molecule has 0 radical (unpaired) electrons. The Morgan fingerprint density at radius 1 is 1.30 bits per heavy atom. The number of aliphatic hydroxyl groups is 1. The summed E-state index contributed by atoms with van der Waals surface area (Å²) < 4.78 is 0. The highest BCUT2D eigenvalue weighted by Crippen LogP contribution is 2.34. The first-order valence-electron chi connectivity index (χ1n) is 6.62. The van der Waals surface area contributed by atoms with Gasteiger partial charge in [-0.3, -0.25) is 4.79 Å². The zero-order valence-electron chi connectivity index (χ0n) is 10.8. The average molecular weight is 276 g/mol. The van der Waals surface area contributed by atoms with Crippen LogP contribution in [0.2, 0.25) is 0 Å². The largest absolute Gasteiger partial charge is 0.480 e. The van der Waals surface area contributed by atoms with E-state index in [9.17, 15) is 14.7 Å². The second kappa shape index (κ2) is 4.79. The van der Waals surface area contributed by atoms with Crippen molar-refractivity contribution in [3.63, 3.8) is 0 Å². The summed E-state index contributed by atoms with van der Waals surface area (Å²) in [6.45, 7) is 0.561. The summed E-state index contributed by atoms with van der Waals surface area (Å²) in [6, 6.07) is 6.60. The molecule has 6 heteroatoms. The van der Waals surface area contributed by atoms with Gasteiger partial charge in [0.05, 0.1) is 12.0 Å². The van der Waals surface area contributed by atoms with Gasteiger partial charge in [-0.15, -0.1) is 0 Å². The molecular weight excluding hydrogens is 260 g/mol. The number of para-hydroxylation sites is 1. The minimum atomic E-state index is -1.06. The molecule has 0 aromatic heterocycles. The van der Waals surface area contributed by atoms with Crippen molar-refractivity contribution in [1.82, 2.24) is 4.90 Å². The molecule has 3 rings (SSSR count). The highest BCUT2D eigenvalue weighted by atomic mass is 16.4. The smallest absolute Gasteiger partial charge is 0.326 e. The van der Waals surface area contributed by atoms with E-state index in [2.05, 4.69) is 5.32 Å². The lowest BCUT2D eigenvalue weighted by Crippen LogP contribution is -2.43. The van der Waals surface area contributed by atoms with Gasteiger partial charge in [0.1, 0.15) is 6.04 Å². The maximum absolute atomic E-state index is 12.6. The molecule has 1 aromatic rings. The molecular formula is C14H16N2O4. The Morgan fingerprint density at radius 2 is 2.05 bits per heavy atom. The Hall–Kier alpha value is -2.08. The number of benzene rings is 1. The molecule has 20 heavy (non-hydrogen) atoms. The predicted molar refractivity (Wildman–Crippen MR) is 71.4 cm³/mol. The number of β-amino-alcohol motifs (C(OH)–C–C–N with tert-alkyl or cyclic N) is 1. The van der Waals surface area contributed by atoms with Crippen LogP contribution >= 0.6 is 0 Å². The number of carboxylic acids is 1. The summed E-state index contributed by atoms with van der Waals surface area (Å²) in [5.74, 6) is -1.67. The SMILES string of the molecule is O=C(O)C1CC(O)CN1C(=O)C1CNc2ccccc21. The predicted octanol–water partition coefficient (Wildman–Crippen LogP) is 0.242. The second-order valence-electron chi connectivity index (χ2n) is 5.25. The Morgan fingerprint density at radius 3 is 2.80 bits per heavy atom. The fourth-order valence-electron chi connectivity index (χ4n) is 3.00. The maximum Gasteiger partial charge on any atom is 0.326 e. The number of aliphatic hydroxyl groups excluding tert-OH is 1. The van der Waals surface area contributed by atoms with Crippen LogP contribution in [-0.4, -0.2) is 52.2 Å². The van der Waals surface area contributed by atoms with Gasteiger partial charge in [0.2, 0.25) is 5.91 Å². The summed E-state index contributed by atoms with van der Waals surface area (Å²) in [5.41, 5.74) is 1.81. The van der Waals surface area contributed by atoms with Crippen LogP contribution in [0.3, 0.4) is 0 Å². The third kappa shape index (κ3) is 2.02. The number of hydrogen-bond acceptors (Lipinski definition) is 4. The topological polar surface area (TPSA) is 89.9 Å². The summed E-state index contributed by atoms with van der Waals surface area (Å²) in [7, 11) is 0. The lowest BCUT2D eigenvalue weighted by molar-refractivity contribution is -0.148. The number of amides is 1. The number of carboxylic acid groups (broad SMARTS) is 1. The quantitative estimate of drug-likeness (QED) is 0.720. The summed E-state index contributed by atoms with van der Waals surface area (Å²) in [4.78, 5) is 25.1. The number of carbonyl (C=O) groups is 2. The van der Waals surface area contributed by atoms with Crippen LogP contribution in [-0.2, 0) is 9.59 Å². The van der Waals surface area contributed by atoms with E-state index in [0.717, 1.165) is 11.3 Å². The molecule has 3 unspecified atom stereocenters. The maximum atomic E-state index is 12.6. The lowest BCUT2D eigenvalue weighted by Gasteiger charge is -2.24. The number of hydrogen-bond donors (Lipinski definition) is 3. The van der Waals surface area contributed by atoms with Crippen molar-refractivity contribution in [1.29, 1.82) is 0 Å². The third-order valence-corrected chi connectivity index (χ3v) is 3.98. The summed E-state index contributed by atoms with van der Waals surface area (Å²) in [5, 5.41) is 22.0. The van der Waals surface area contributed by atoms with Crippen molar-refractivity contribution in [2.45, 2.75) is 24.5 Å². The van der Waals surface area contributed by atoms with E-state index in [0.29, 0.717) is 6.54 Å². The van der Waals surface area contributed by atoms with Crippen LogP contribution in [0.5, 0.6) is 0 Å². The van der Waals surface area contributed by atoms with Gasteiger partial charge in [0.15, 0.2) is 0 Å². The van der Waals surface area contributed by atoms with Crippen LogP contribution in [0.4, 0.5) is 5.69 Å². The van der Waals surface area contributed by atoms with Crippen molar-refractivity contribution in [2.24, 2.45) is 0 Å². The minimum Gasteiger partial charge on any atom is -0.480 e. The van der Waals surface area contributed by atoms with Gasteiger partial charge in [-0.05, 0) is 11.6 Å². The number of fused-ring (bicyclic) bond motifs is 1. The minimum absolute atomic E-state index is 0.0917. The molecule has 2 aliphatic heterocycles. The zero-order chi connectivity index (χ0) is 14.3. The molecule has 3 atom stereocenters. The highest BCUT2D eigenvalue weighted by molar-refractivity contribution is 5.91. The Balaban J connectivity index is 1.85. The molecule has 0 saturated carbocycles. The van der Waals surface area contributed by atoms with Crippen LogP contribution < -0.4 is 5.32 Å². The average Bonchev–Trinajstić information content (AvgIpc) is 3.01. The Kier molecular flexibility index (Phi) is 3.10. The number of anilines is 1. The van der Waals surface area contributed by atoms with Gasteiger partial charge in [-0.2, -0.15) is 0 Å². The van der Waals surface area contributed by atoms with E-state index in [-0.39, 0.29) is 24.8 Å². The molecule has 1 fully saturated rings. The van der Waals surface area contributed by atoms with Crippen LogP contribution in [0, 0.1) is 0 Å². The molecule has 3 N–H and O–H groups in total. The monoisotopic (exact) mass is 276 g/mol. The fraction of sp³-hybridized carbons (Fsp3) is 0.429. The first kappa shape index (κ1) is 12.9. The van der Waals surface area contributed by atoms with E-state index in [4.69, 9.17) is 5.11 Å². The number of rotatable bonds is 2. The number of likely N-dealkylation sites (tertiary alicyclic amines) is 1. The van der Waals surface area contributed by atoms with Crippen molar-refractivity contribution in [2.75, 3.05) is 18.4 Å². The van der Waals surface area contributed by atoms with Crippen molar-refractivity contribution >= 4 is 17.6 Å². The van der Waals surface area contributed by atoms with Gasteiger partial charge in [-0.25, -0.2) is 4.79 Å². The lowest BCUT2D eigenvalue weighted by atomic mass is 9.99. The molecule has 1 saturated heterocycles. The van der Waals surface area contributed by atoms with E-state index in [1.807, 2.05) is 24.3 Å². The van der Waals surface area contributed by atoms with Gasteiger partial charge < -0.3 is 20.4 Å². The molecule has 1 aromatic carbocycles. The van der Waals surface area contributed by atoms with Crippen LogP contribution in [0.25, 0.3) is 0 Å². The standard InChI is InChI=1S/C14H16N2O4/c17-8-5-12(14(19)20)16(7-8)13(18)10-6-15-11-4-2-1-3-9(10)11/h1-4,8,10,12,15,17H,5-7H2,(H,19,20). The first-order valence-corrected chi connectivity index (χ1v) is 6.62. The Labute approximate surface area is 116 Å². The molecule has 0 bridgehead atoms. The third-order valence-electron chi connectivity index (χ3n) is 3.98. The molecule has 2 aliphatic rings. The van der Waals surface area contributed by atoms with Crippen molar-refractivity contribution in [3.05, 3.63) is 29.8 Å². The second-order valence-corrected chi connectivity index (χ2v) is 5.25. The fourth-order valence-corrected chi connectivity index (χ4v) is 3.00. The molecule has 2 heterocycles. The van der Waals surface area contributed by atoms with E-state index in [1.54, 1.807) is 0 Å². The van der Waals surface area contributed by atoms with Gasteiger partial charge in [0.25, 0.3) is 0 Å². The molecule has 0 spiro atoms. The van der Waals surface area contributed by atoms with E-state index < -0.39 is 18.1 Å². The van der Waals surface area contributed by atoms with Gasteiger partial charge >= 0.3 is 5.97 Å². The summed E-state index contributed by atoms with van der Waals surface area (Å²) in [6.07, 6.45) is -0.660. The number of nitrogens with zero attached hydrogens (tertiary/aromatic N) is 1. The van der Waals surface area contributed by atoms with Crippen LogP contribution in [0.15, 0.2) is 24.3 Å². The van der Waals surface area contributed by atoms with E-state index in [1.165, 1.54) is 4.90 Å². The van der Waals surface area contributed by atoms with Crippen molar-refractivity contribution < 1.29 is 19.8 Å². The van der Waals surface area contributed by atoms with E-state index >= 15 is 0 Å². The molecule has 6 nitrogen and oxygen atoms in total. The first-order chi connectivity index (χ1) is 9.58.